The Bertz CT molecular complexity index is 365. The van der Waals surface area contributed by atoms with Gasteiger partial charge in [0.25, 0.3) is 0 Å². The summed E-state index contributed by atoms with van der Waals surface area (Å²) in [7, 11) is 0. The standard InChI is InChI=1S/C13H19BrN2/c1-9-2-3-10(6-9)8-16-13-5-4-11(15)7-12(13)14/h4-5,7,9-10,16H,2-3,6,8,15H2,1H3. The van der Waals surface area contributed by atoms with E-state index in [1.165, 1.54) is 19.3 Å². The van der Waals surface area contributed by atoms with Crippen molar-refractivity contribution >= 4 is 27.3 Å². The molecule has 1 fully saturated rings. The molecule has 3 heteroatoms. The van der Waals surface area contributed by atoms with E-state index in [9.17, 15) is 0 Å². The summed E-state index contributed by atoms with van der Waals surface area (Å²) in [6.07, 6.45) is 4.11. The highest BCUT2D eigenvalue weighted by Crippen LogP contribution is 2.31. The van der Waals surface area contributed by atoms with Crippen molar-refractivity contribution in [3.8, 4) is 0 Å². The van der Waals surface area contributed by atoms with Crippen LogP contribution < -0.4 is 11.1 Å². The van der Waals surface area contributed by atoms with Crippen molar-refractivity contribution in [3.05, 3.63) is 22.7 Å². The molecule has 16 heavy (non-hydrogen) atoms. The molecule has 1 aliphatic rings. The number of nitrogens with two attached hydrogens (primary N) is 1. The number of nitrogen functional groups attached to an aromatic ring is 1. The van der Waals surface area contributed by atoms with Crippen molar-refractivity contribution in [2.45, 2.75) is 26.2 Å². The van der Waals surface area contributed by atoms with Crippen LogP contribution in [-0.2, 0) is 0 Å². The van der Waals surface area contributed by atoms with Crippen LogP contribution in [0.2, 0.25) is 0 Å². The van der Waals surface area contributed by atoms with Crippen molar-refractivity contribution in [3.63, 3.8) is 0 Å². The van der Waals surface area contributed by atoms with Crippen LogP contribution in [0.5, 0.6) is 0 Å². The molecule has 0 radical (unpaired) electrons. The number of hydrogen-bond acceptors (Lipinski definition) is 2. The maximum atomic E-state index is 5.71. The van der Waals surface area contributed by atoms with Gasteiger partial charge >= 0.3 is 0 Å². The van der Waals surface area contributed by atoms with Crippen molar-refractivity contribution < 1.29 is 0 Å². The van der Waals surface area contributed by atoms with Crippen molar-refractivity contribution in [1.29, 1.82) is 0 Å². The van der Waals surface area contributed by atoms with Crippen molar-refractivity contribution in [2.75, 3.05) is 17.6 Å². The highest BCUT2D eigenvalue weighted by atomic mass is 79.9. The zero-order chi connectivity index (χ0) is 11.5. The molecular formula is C13H19BrN2. The van der Waals surface area contributed by atoms with E-state index in [-0.39, 0.29) is 0 Å². The van der Waals surface area contributed by atoms with Crippen LogP contribution in [-0.4, -0.2) is 6.54 Å². The third-order valence-electron chi connectivity index (χ3n) is 3.38. The zero-order valence-electron chi connectivity index (χ0n) is 9.67. The average molecular weight is 283 g/mol. The van der Waals surface area contributed by atoms with Gasteiger partial charge in [-0.25, -0.2) is 0 Å². The quantitative estimate of drug-likeness (QED) is 0.826. The van der Waals surface area contributed by atoms with Gasteiger partial charge in [-0.3, -0.25) is 0 Å². The highest BCUT2D eigenvalue weighted by Gasteiger charge is 2.20. The van der Waals surface area contributed by atoms with E-state index in [1.807, 2.05) is 18.2 Å². The maximum Gasteiger partial charge on any atom is 0.0486 e. The largest absolute Gasteiger partial charge is 0.399 e. The summed E-state index contributed by atoms with van der Waals surface area (Å²) in [6, 6.07) is 5.92. The lowest BCUT2D eigenvalue weighted by molar-refractivity contribution is 0.537. The van der Waals surface area contributed by atoms with E-state index in [2.05, 4.69) is 28.2 Å². The number of anilines is 2. The second-order valence-corrected chi connectivity index (χ2v) is 5.76. The summed E-state index contributed by atoms with van der Waals surface area (Å²) in [6.45, 7) is 3.42. The molecule has 0 aromatic heterocycles. The topological polar surface area (TPSA) is 38.0 Å². The van der Waals surface area contributed by atoms with Crippen LogP contribution in [0.4, 0.5) is 11.4 Å². The smallest absolute Gasteiger partial charge is 0.0486 e. The molecule has 88 valence electrons. The van der Waals surface area contributed by atoms with Crippen molar-refractivity contribution in [1.82, 2.24) is 0 Å². The van der Waals surface area contributed by atoms with E-state index < -0.39 is 0 Å². The first-order valence-corrected chi connectivity index (χ1v) is 6.73. The minimum atomic E-state index is 0.798. The van der Waals surface area contributed by atoms with Gasteiger partial charge in [0.1, 0.15) is 0 Å². The number of rotatable bonds is 3. The SMILES string of the molecule is CC1CCC(CNc2ccc(N)cc2Br)C1. The van der Waals surface area contributed by atoms with E-state index in [0.29, 0.717) is 0 Å². The summed E-state index contributed by atoms with van der Waals surface area (Å²) in [5.41, 5.74) is 7.65. The molecule has 0 aliphatic heterocycles. The summed E-state index contributed by atoms with van der Waals surface area (Å²) in [5, 5.41) is 3.50. The first-order valence-electron chi connectivity index (χ1n) is 5.94. The third-order valence-corrected chi connectivity index (χ3v) is 4.03. The Morgan fingerprint density at radius 2 is 2.25 bits per heavy atom. The Labute approximate surface area is 106 Å². The Balaban J connectivity index is 1.89. The van der Waals surface area contributed by atoms with Gasteiger partial charge < -0.3 is 11.1 Å². The average Bonchev–Trinajstić information content (AvgIpc) is 2.63. The van der Waals surface area contributed by atoms with Crippen LogP contribution in [0.3, 0.4) is 0 Å². The summed E-state index contributed by atoms with van der Waals surface area (Å²) in [4.78, 5) is 0. The van der Waals surface area contributed by atoms with Crippen LogP contribution in [0.25, 0.3) is 0 Å². The first kappa shape index (κ1) is 11.8. The summed E-state index contributed by atoms with van der Waals surface area (Å²) in [5.74, 6) is 1.74. The lowest BCUT2D eigenvalue weighted by atomic mass is 10.1. The van der Waals surface area contributed by atoms with Crippen LogP contribution >= 0.6 is 15.9 Å². The van der Waals surface area contributed by atoms with Crippen LogP contribution in [0.15, 0.2) is 22.7 Å². The molecular weight excluding hydrogens is 264 g/mol. The lowest BCUT2D eigenvalue weighted by Crippen LogP contribution is -2.11. The van der Waals surface area contributed by atoms with Gasteiger partial charge in [0.05, 0.1) is 0 Å². The van der Waals surface area contributed by atoms with Gasteiger partial charge in [-0.2, -0.15) is 0 Å². The molecule has 2 atom stereocenters. The fourth-order valence-electron chi connectivity index (χ4n) is 2.44. The summed E-state index contributed by atoms with van der Waals surface area (Å²) < 4.78 is 1.05. The number of nitrogens with one attached hydrogen (secondary N) is 1. The molecule has 0 amide bonds. The molecule has 2 rings (SSSR count). The fourth-order valence-corrected chi connectivity index (χ4v) is 2.98. The zero-order valence-corrected chi connectivity index (χ0v) is 11.3. The lowest BCUT2D eigenvalue weighted by Gasteiger charge is -2.13. The molecule has 1 saturated carbocycles. The first-order chi connectivity index (χ1) is 7.65. The van der Waals surface area contributed by atoms with Gasteiger partial charge in [-0.1, -0.05) is 13.3 Å². The molecule has 2 nitrogen and oxygen atoms in total. The van der Waals surface area contributed by atoms with Gasteiger partial charge in [-0.15, -0.1) is 0 Å². The Morgan fingerprint density at radius 1 is 1.44 bits per heavy atom. The highest BCUT2D eigenvalue weighted by molar-refractivity contribution is 9.10. The maximum absolute atomic E-state index is 5.71. The number of benzene rings is 1. The van der Waals surface area contributed by atoms with Gasteiger partial charge in [-0.05, 0) is 58.8 Å². The van der Waals surface area contributed by atoms with Crippen LogP contribution in [0, 0.1) is 11.8 Å². The normalized spacial score (nSPS) is 24.6. The van der Waals surface area contributed by atoms with E-state index in [4.69, 9.17) is 5.73 Å². The molecule has 0 bridgehead atoms. The molecule has 0 heterocycles. The molecule has 3 N–H and O–H groups in total. The van der Waals surface area contributed by atoms with Gasteiger partial charge in [0.2, 0.25) is 0 Å². The van der Waals surface area contributed by atoms with E-state index >= 15 is 0 Å². The second-order valence-electron chi connectivity index (χ2n) is 4.90. The van der Waals surface area contributed by atoms with E-state index in [1.54, 1.807) is 0 Å². The van der Waals surface area contributed by atoms with Crippen molar-refractivity contribution in [2.24, 2.45) is 11.8 Å². The van der Waals surface area contributed by atoms with Gasteiger partial charge in [0.15, 0.2) is 0 Å². The molecule has 1 aliphatic carbocycles. The second kappa shape index (κ2) is 5.09. The Hall–Kier alpha value is -0.700. The fraction of sp³-hybridized carbons (Fsp3) is 0.538. The molecule has 0 saturated heterocycles. The molecule has 1 aromatic carbocycles. The third kappa shape index (κ3) is 2.91. The van der Waals surface area contributed by atoms with Crippen LogP contribution in [0.1, 0.15) is 26.2 Å². The molecule has 1 aromatic rings. The number of halogens is 1. The minimum absolute atomic E-state index is 0.798. The minimum Gasteiger partial charge on any atom is -0.399 e. The van der Waals surface area contributed by atoms with Gasteiger partial charge in [0, 0.05) is 22.4 Å². The predicted molar refractivity (Wildman–Crippen MR) is 73.5 cm³/mol. The summed E-state index contributed by atoms with van der Waals surface area (Å²) >= 11 is 3.53. The monoisotopic (exact) mass is 282 g/mol. The molecule has 2 unspecified atom stereocenters. The van der Waals surface area contributed by atoms with E-state index in [0.717, 1.165) is 34.2 Å². The Kier molecular flexibility index (Phi) is 3.74. The number of hydrogen-bond donors (Lipinski definition) is 2. The Morgan fingerprint density at radius 3 is 2.88 bits per heavy atom. The predicted octanol–water partition coefficient (Wildman–Crippen LogP) is 3.88. The molecule has 0 spiro atoms.